The zero-order valence-electron chi connectivity index (χ0n) is 13.9. The molecule has 9 rings (SSSR count). The average Bonchev–Trinajstić information content (AvgIpc) is 3.40. The molecule has 3 heterocycles. The number of para-hydroxylation sites is 1. The Morgan fingerprint density at radius 2 is 1.65 bits per heavy atom. The van der Waals surface area contributed by atoms with Gasteiger partial charge >= 0.3 is 11.4 Å². The molecule has 26 heavy (non-hydrogen) atoms. The molecular weight excluding hydrogens is 330 g/mol. The molecule has 2 spiro atoms. The van der Waals surface area contributed by atoms with Gasteiger partial charge in [-0.2, -0.15) is 0 Å². The molecule has 9 atom stereocenters. The largest absolute Gasteiger partial charge is 0.389 e. The molecule has 1 aromatic heterocycles. The van der Waals surface area contributed by atoms with E-state index >= 15 is 0 Å². The van der Waals surface area contributed by atoms with Crippen LogP contribution in [0.2, 0.25) is 0 Å². The number of rotatable bonds is 1. The van der Waals surface area contributed by atoms with Gasteiger partial charge in [0.05, 0.1) is 23.9 Å². The Morgan fingerprint density at radius 3 is 2.42 bits per heavy atom. The van der Waals surface area contributed by atoms with Crippen LogP contribution in [0.5, 0.6) is 0 Å². The van der Waals surface area contributed by atoms with E-state index in [0.29, 0.717) is 29.4 Å². The third-order valence-electron chi connectivity index (χ3n) is 8.81. The van der Waals surface area contributed by atoms with Gasteiger partial charge in [-0.05, 0) is 42.2 Å². The molecule has 130 valence electrons. The lowest BCUT2D eigenvalue weighted by atomic mass is 9.67. The van der Waals surface area contributed by atoms with Crippen LogP contribution in [0.1, 0.15) is 18.5 Å². The Labute approximate surface area is 148 Å². The van der Waals surface area contributed by atoms with Gasteiger partial charge in [-0.1, -0.05) is 30.4 Å². The van der Waals surface area contributed by atoms with Crippen LogP contribution in [-0.2, 0) is 0 Å². The Morgan fingerprint density at radius 1 is 0.962 bits per heavy atom. The smallest absolute Gasteiger partial charge is 0.352 e. The molecular formula is C20H17N3O3. The molecule has 0 amide bonds. The Bertz CT molecular complexity index is 1190. The number of aromatic nitrogens is 3. The Balaban J connectivity index is 1.47. The summed E-state index contributed by atoms with van der Waals surface area (Å²) >= 11 is 0. The average molecular weight is 347 g/mol. The highest BCUT2D eigenvalue weighted by atomic mass is 16.3. The fourth-order valence-corrected chi connectivity index (χ4v) is 8.52. The molecule has 6 nitrogen and oxygen atoms in total. The molecule has 2 bridgehead atoms. The topological polar surface area (TPSA) is 69.2 Å². The van der Waals surface area contributed by atoms with Crippen molar-refractivity contribution in [1.29, 1.82) is 0 Å². The lowest BCUT2D eigenvalue weighted by molar-refractivity contribution is -0.00744. The van der Waals surface area contributed by atoms with Gasteiger partial charge in [-0.25, -0.2) is 23.5 Å². The summed E-state index contributed by atoms with van der Waals surface area (Å²) in [5.74, 6) is 2.30. The number of aliphatic hydroxyl groups is 1. The van der Waals surface area contributed by atoms with Crippen LogP contribution in [0.4, 0.5) is 0 Å². The summed E-state index contributed by atoms with van der Waals surface area (Å²) < 4.78 is 4.93. The van der Waals surface area contributed by atoms with Crippen LogP contribution in [-0.4, -0.2) is 25.1 Å². The van der Waals surface area contributed by atoms with E-state index in [9.17, 15) is 14.7 Å². The number of allylic oxidation sites excluding steroid dienone is 1. The van der Waals surface area contributed by atoms with Crippen LogP contribution in [0.25, 0.3) is 5.69 Å². The summed E-state index contributed by atoms with van der Waals surface area (Å²) in [4.78, 5) is 26.7. The van der Waals surface area contributed by atoms with Crippen molar-refractivity contribution < 1.29 is 5.11 Å². The molecule has 0 unspecified atom stereocenters. The summed E-state index contributed by atoms with van der Waals surface area (Å²) in [6.07, 6.45) is 4.47. The maximum atomic E-state index is 13.3. The van der Waals surface area contributed by atoms with E-state index in [-0.39, 0.29) is 34.3 Å². The van der Waals surface area contributed by atoms with Gasteiger partial charge in [0.25, 0.3) is 0 Å². The predicted molar refractivity (Wildman–Crippen MR) is 91.0 cm³/mol. The van der Waals surface area contributed by atoms with E-state index in [1.54, 1.807) is 9.36 Å². The minimum atomic E-state index is -0.421. The zero-order chi connectivity index (χ0) is 17.2. The summed E-state index contributed by atoms with van der Waals surface area (Å²) in [6.45, 7) is 0. The van der Waals surface area contributed by atoms with Gasteiger partial charge in [0.1, 0.15) is 0 Å². The molecule has 4 saturated carbocycles. The number of aliphatic hydroxyl groups excluding tert-OH is 1. The molecule has 2 aromatic rings. The SMILES string of the molecule is O=c1n(-c2ccccc2)c(=O)n2n1[C@H]1[C@@H]3[C@@H]4[C@@H]3[C@@H]3[C@]15C=C[C@@H](O)C[C@]35[C@H]42. The van der Waals surface area contributed by atoms with Crippen LogP contribution in [0.3, 0.4) is 0 Å². The van der Waals surface area contributed by atoms with Crippen LogP contribution in [0.15, 0.2) is 52.1 Å². The van der Waals surface area contributed by atoms with Crippen molar-refractivity contribution in [3.8, 4) is 5.69 Å². The minimum Gasteiger partial charge on any atom is -0.389 e. The summed E-state index contributed by atoms with van der Waals surface area (Å²) in [5, 5.41) is 10.3. The number of hydrogen-bond donors (Lipinski definition) is 1. The highest BCUT2D eigenvalue weighted by Gasteiger charge is 3.02. The summed E-state index contributed by atoms with van der Waals surface area (Å²) in [7, 11) is 0. The highest BCUT2D eigenvalue weighted by Crippen LogP contribution is 3.03. The zero-order valence-corrected chi connectivity index (χ0v) is 13.9. The second kappa shape index (κ2) is 3.31. The van der Waals surface area contributed by atoms with E-state index in [2.05, 4.69) is 6.08 Å². The first-order valence-corrected chi connectivity index (χ1v) is 9.53. The van der Waals surface area contributed by atoms with Crippen molar-refractivity contribution >= 4 is 0 Å². The van der Waals surface area contributed by atoms with Crippen molar-refractivity contribution in [2.24, 2.45) is 34.5 Å². The third kappa shape index (κ3) is 0.895. The first-order chi connectivity index (χ1) is 12.6. The molecule has 5 aliphatic carbocycles. The maximum Gasteiger partial charge on any atom is 0.352 e. The molecule has 7 aliphatic rings. The third-order valence-corrected chi connectivity index (χ3v) is 8.81. The molecule has 1 aromatic carbocycles. The summed E-state index contributed by atoms with van der Waals surface area (Å²) in [6, 6.07) is 9.41. The van der Waals surface area contributed by atoms with Gasteiger partial charge in [-0.15, -0.1) is 0 Å². The Kier molecular flexibility index (Phi) is 1.65. The summed E-state index contributed by atoms with van der Waals surface area (Å²) in [5.41, 5.74) is 0.254. The first kappa shape index (κ1) is 12.9. The molecule has 2 aliphatic heterocycles. The van der Waals surface area contributed by atoms with Gasteiger partial charge < -0.3 is 5.11 Å². The lowest BCUT2D eigenvalue weighted by Gasteiger charge is -2.49. The number of nitrogens with zero attached hydrogens (tertiary/aromatic N) is 3. The van der Waals surface area contributed by atoms with E-state index < -0.39 is 6.10 Å². The first-order valence-electron chi connectivity index (χ1n) is 9.53. The fraction of sp³-hybridized carbons (Fsp3) is 0.500. The van der Waals surface area contributed by atoms with Gasteiger partial charge in [-0.3, -0.25) is 0 Å². The molecule has 6 heteroatoms. The van der Waals surface area contributed by atoms with Crippen molar-refractivity contribution in [1.82, 2.24) is 13.9 Å². The van der Waals surface area contributed by atoms with Gasteiger partial charge in [0, 0.05) is 10.8 Å². The molecule has 0 saturated heterocycles. The van der Waals surface area contributed by atoms with Crippen molar-refractivity contribution in [2.45, 2.75) is 24.6 Å². The number of benzene rings is 1. The monoisotopic (exact) mass is 347 g/mol. The second-order valence-electron chi connectivity index (χ2n) is 9.13. The standard InChI is InChI=1S/C20H17N3O3/c24-10-6-7-19-14-11-12-13(11)16(20(14,19)8-10)23-18(26)21(9-4-2-1-3-5-9)17(25)22(23)15(12)19/h1-7,10-16,24H,8H2/t10-,11-,12+,13+,14-,15+,16+,19-,20-/m1/s1. The predicted octanol–water partition coefficient (Wildman–Crippen LogP) is 0.709. The van der Waals surface area contributed by atoms with Crippen molar-refractivity contribution in [3.63, 3.8) is 0 Å². The second-order valence-corrected chi connectivity index (χ2v) is 9.13. The minimum absolute atomic E-state index is 0.00898. The van der Waals surface area contributed by atoms with Crippen molar-refractivity contribution in [3.05, 3.63) is 63.5 Å². The maximum absolute atomic E-state index is 13.3. The molecule has 1 N–H and O–H groups in total. The van der Waals surface area contributed by atoms with E-state index in [1.165, 1.54) is 4.57 Å². The highest BCUT2D eigenvalue weighted by molar-refractivity contribution is 5.54. The van der Waals surface area contributed by atoms with Crippen LogP contribution < -0.4 is 11.4 Å². The van der Waals surface area contributed by atoms with Crippen LogP contribution in [0, 0.1) is 34.5 Å². The van der Waals surface area contributed by atoms with E-state index in [1.807, 2.05) is 36.4 Å². The van der Waals surface area contributed by atoms with Gasteiger partial charge in [0.15, 0.2) is 0 Å². The van der Waals surface area contributed by atoms with Crippen molar-refractivity contribution in [2.75, 3.05) is 0 Å². The van der Waals surface area contributed by atoms with Crippen LogP contribution >= 0.6 is 0 Å². The quantitative estimate of drug-likeness (QED) is 0.773. The Hall–Kier alpha value is -2.34. The van der Waals surface area contributed by atoms with Gasteiger partial charge in [0.2, 0.25) is 0 Å². The molecule has 4 fully saturated rings. The fourth-order valence-electron chi connectivity index (χ4n) is 8.52. The lowest BCUT2D eigenvalue weighted by Crippen LogP contribution is -2.53. The number of hydrogen-bond acceptors (Lipinski definition) is 3. The van der Waals surface area contributed by atoms with E-state index in [0.717, 1.165) is 6.42 Å². The normalized spacial score (nSPS) is 52.0. The van der Waals surface area contributed by atoms with E-state index in [4.69, 9.17) is 0 Å². The molecule has 0 radical (unpaired) electrons.